The molecule has 1 aromatic carbocycles. The van der Waals surface area contributed by atoms with Crippen LogP contribution in [0.2, 0.25) is 0 Å². The van der Waals surface area contributed by atoms with Crippen LogP contribution in [0.1, 0.15) is 29.8 Å². The third-order valence-electron chi connectivity index (χ3n) is 2.55. The van der Waals surface area contributed by atoms with Crippen molar-refractivity contribution in [1.82, 2.24) is 5.32 Å². The molecular weight excluding hydrogens is 162 g/mol. The Balaban J connectivity index is 2.52. The van der Waals surface area contributed by atoms with Crippen molar-refractivity contribution in [2.45, 2.75) is 25.9 Å². The highest BCUT2D eigenvalue weighted by Gasteiger charge is 2.32. The first-order valence-electron chi connectivity index (χ1n) is 4.49. The van der Waals surface area contributed by atoms with Gasteiger partial charge in [-0.15, -0.1) is 0 Å². The third-order valence-corrected chi connectivity index (χ3v) is 2.55. The maximum absolute atomic E-state index is 11.9. The molecule has 68 valence electrons. The Hall–Kier alpha value is -1.15. The van der Waals surface area contributed by atoms with Crippen molar-refractivity contribution in [1.29, 1.82) is 0 Å². The SMILES string of the molecule is CC1(C)NCc2ccccc2C1=O. The van der Waals surface area contributed by atoms with Gasteiger partial charge in [0.15, 0.2) is 5.78 Å². The van der Waals surface area contributed by atoms with E-state index in [4.69, 9.17) is 0 Å². The molecule has 13 heavy (non-hydrogen) atoms. The number of benzene rings is 1. The Morgan fingerprint density at radius 1 is 1.31 bits per heavy atom. The molecule has 1 heterocycles. The summed E-state index contributed by atoms with van der Waals surface area (Å²) >= 11 is 0. The second kappa shape index (κ2) is 2.67. The van der Waals surface area contributed by atoms with Gasteiger partial charge >= 0.3 is 0 Å². The van der Waals surface area contributed by atoms with Crippen molar-refractivity contribution in [2.24, 2.45) is 0 Å². The lowest BCUT2D eigenvalue weighted by atomic mass is 9.86. The Kier molecular flexibility index (Phi) is 1.74. The molecule has 0 radical (unpaired) electrons. The van der Waals surface area contributed by atoms with Crippen LogP contribution in [0.25, 0.3) is 0 Å². The molecule has 2 rings (SSSR count). The average Bonchev–Trinajstić information content (AvgIpc) is 2.13. The molecule has 0 saturated heterocycles. The zero-order valence-corrected chi connectivity index (χ0v) is 7.92. The van der Waals surface area contributed by atoms with E-state index in [9.17, 15) is 4.79 Å². The fourth-order valence-electron chi connectivity index (χ4n) is 1.63. The smallest absolute Gasteiger partial charge is 0.182 e. The largest absolute Gasteiger partial charge is 0.301 e. The van der Waals surface area contributed by atoms with Gasteiger partial charge in [0.05, 0.1) is 5.54 Å². The van der Waals surface area contributed by atoms with Crippen LogP contribution in [0.3, 0.4) is 0 Å². The fraction of sp³-hybridized carbons (Fsp3) is 0.364. The molecule has 0 fully saturated rings. The molecule has 0 bridgehead atoms. The minimum absolute atomic E-state index is 0.189. The summed E-state index contributed by atoms with van der Waals surface area (Å²) in [5, 5.41) is 3.21. The predicted molar refractivity (Wildman–Crippen MR) is 51.7 cm³/mol. The van der Waals surface area contributed by atoms with Crippen molar-refractivity contribution in [2.75, 3.05) is 0 Å². The molecule has 0 aromatic heterocycles. The highest BCUT2D eigenvalue weighted by molar-refractivity contribution is 6.04. The molecule has 0 spiro atoms. The summed E-state index contributed by atoms with van der Waals surface area (Å²) in [4.78, 5) is 11.9. The summed E-state index contributed by atoms with van der Waals surface area (Å²) in [6.07, 6.45) is 0. The summed E-state index contributed by atoms with van der Waals surface area (Å²) in [6, 6.07) is 7.78. The van der Waals surface area contributed by atoms with Gasteiger partial charge in [0.2, 0.25) is 0 Å². The number of carbonyl (C=O) groups is 1. The van der Waals surface area contributed by atoms with Crippen LogP contribution in [0.15, 0.2) is 24.3 Å². The van der Waals surface area contributed by atoms with Crippen LogP contribution < -0.4 is 5.32 Å². The van der Waals surface area contributed by atoms with Crippen molar-refractivity contribution < 1.29 is 4.79 Å². The van der Waals surface area contributed by atoms with Crippen LogP contribution in [0.4, 0.5) is 0 Å². The topological polar surface area (TPSA) is 29.1 Å². The van der Waals surface area contributed by atoms with E-state index in [1.165, 1.54) is 0 Å². The number of rotatable bonds is 0. The summed E-state index contributed by atoms with van der Waals surface area (Å²) in [5.41, 5.74) is 1.56. The van der Waals surface area contributed by atoms with Crippen LogP contribution in [0.5, 0.6) is 0 Å². The molecule has 0 aliphatic carbocycles. The first-order chi connectivity index (χ1) is 6.11. The molecule has 1 aliphatic heterocycles. The number of hydrogen-bond donors (Lipinski definition) is 1. The molecule has 0 saturated carbocycles. The molecule has 0 atom stereocenters. The summed E-state index contributed by atoms with van der Waals surface area (Å²) in [6.45, 7) is 4.63. The Morgan fingerprint density at radius 3 is 2.77 bits per heavy atom. The van der Waals surface area contributed by atoms with Crippen molar-refractivity contribution in [3.8, 4) is 0 Å². The van der Waals surface area contributed by atoms with Gasteiger partial charge in [0.25, 0.3) is 0 Å². The fourth-order valence-corrected chi connectivity index (χ4v) is 1.63. The number of hydrogen-bond acceptors (Lipinski definition) is 2. The molecule has 1 aliphatic rings. The predicted octanol–water partition coefficient (Wildman–Crippen LogP) is 1.75. The Labute approximate surface area is 78.0 Å². The van der Waals surface area contributed by atoms with Gasteiger partial charge in [-0.25, -0.2) is 0 Å². The highest BCUT2D eigenvalue weighted by atomic mass is 16.1. The molecular formula is C11H13NO. The zero-order valence-electron chi connectivity index (χ0n) is 7.92. The van der Waals surface area contributed by atoms with Crippen molar-refractivity contribution >= 4 is 5.78 Å². The summed E-state index contributed by atoms with van der Waals surface area (Å²) in [5.74, 6) is 0.189. The van der Waals surface area contributed by atoms with E-state index in [0.29, 0.717) is 0 Å². The van der Waals surface area contributed by atoms with Gasteiger partial charge in [0, 0.05) is 12.1 Å². The van der Waals surface area contributed by atoms with Crippen LogP contribution in [-0.2, 0) is 6.54 Å². The van der Waals surface area contributed by atoms with E-state index in [2.05, 4.69) is 5.32 Å². The summed E-state index contributed by atoms with van der Waals surface area (Å²) in [7, 11) is 0. The Morgan fingerprint density at radius 2 is 2.00 bits per heavy atom. The second-order valence-corrected chi connectivity index (χ2v) is 3.96. The number of fused-ring (bicyclic) bond motifs is 1. The lowest BCUT2D eigenvalue weighted by Gasteiger charge is -2.30. The standard InChI is InChI=1S/C11H13NO/c1-11(2)10(13)9-6-4-3-5-8(9)7-12-11/h3-6,12H,7H2,1-2H3. The monoisotopic (exact) mass is 175 g/mol. The molecule has 0 unspecified atom stereocenters. The quantitative estimate of drug-likeness (QED) is 0.651. The highest BCUT2D eigenvalue weighted by Crippen LogP contribution is 2.22. The van der Waals surface area contributed by atoms with Crippen molar-refractivity contribution in [3.05, 3.63) is 35.4 Å². The third kappa shape index (κ3) is 1.27. The maximum Gasteiger partial charge on any atom is 0.182 e. The van der Waals surface area contributed by atoms with E-state index < -0.39 is 5.54 Å². The molecule has 0 amide bonds. The molecule has 1 aromatic rings. The van der Waals surface area contributed by atoms with Gasteiger partial charge in [-0.2, -0.15) is 0 Å². The van der Waals surface area contributed by atoms with E-state index in [-0.39, 0.29) is 5.78 Å². The molecule has 2 heteroatoms. The van der Waals surface area contributed by atoms with Gasteiger partial charge in [-0.3, -0.25) is 4.79 Å². The van der Waals surface area contributed by atoms with E-state index in [1.807, 2.05) is 38.1 Å². The van der Waals surface area contributed by atoms with E-state index in [1.54, 1.807) is 0 Å². The zero-order chi connectivity index (χ0) is 9.47. The van der Waals surface area contributed by atoms with Gasteiger partial charge in [-0.1, -0.05) is 24.3 Å². The van der Waals surface area contributed by atoms with Gasteiger partial charge < -0.3 is 5.32 Å². The van der Waals surface area contributed by atoms with Gasteiger partial charge in [0.1, 0.15) is 0 Å². The average molecular weight is 175 g/mol. The Bertz CT molecular complexity index is 355. The molecule has 1 N–H and O–H groups in total. The van der Waals surface area contributed by atoms with Gasteiger partial charge in [-0.05, 0) is 19.4 Å². The maximum atomic E-state index is 11.9. The normalized spacial score (nSPS) is 19.7. The second-order valence-electron chi connectivity index (χ2n) is 3.96. The lowest BCUT2D eigenvalue weighted by molar-refractivity contribution is 0.0865. The first-order valence-corrected chi connectivity index (χ1v) is 4.49. The number of carbonyl (C=O) groups excluding carboxylic acids is 1. The number of nitrogens with one attached hydrogen (secondary N) is 1. The van der Waals surface area contributed by atoms with E-state index >= 15 is 0 Å². The number of ketones is 1. The van der Waals surface area contributed by atoms with Crippen LogP contribution >= 0.6 is 0 Å². The minimum atomic E-state index is -0.408. The molecule has 2 nitrogen and oxygen atoms in total. The van der Waals surface area contributed by atoms with Crippen LogP contribution in [-0.4, -0.2) is 11.3 Å². The van der Waals surface area contributed by atoms with E-state index in [0.717, 1.165) is 17.7 Å². The minimum Gasteiger partial charge on any atom is -0.301 e. The number of Topliss-reactive ketones (excluding diaryl/α,β-unsaturated/α-hetero) is 1. The summed E-state index contributed by atoms with van der Waals surface area (Å²) < 4.78 is 0. The lowest BCUT2D eigenvalue weighted by Crippen LogP contribution is -2.49. The van der Waals surface area contributed by atoms with Crippen LogP contribution in [0, 0.1) is 0 Å². The van der Waals surface area contributed by atoms with Crippen molar-refractivity contribution in [3.63, 3.8) is 0 Å². The first kappa shape index (κ1) is 8.45.